The quantitative estimate of drug-likeness (QED) is 0.647. The fraction of sp³-hybridized carbons (Fsp3) is 0.200. The third kappa shape index (κ3) is 3.77. The number of benzene rings is 3. The SMILES string of the molecule is O=C(NCC1CC(=O)N(c2ccc(Cl)cc2)C1)C1c2ccccc2Oc2ccccc21. The summed E-state index contributed by atoms with van der Waals surface area (Å²) in [6.07, 6.45) is 0.407. The Hall–Kier alpha value is -3.31. The minimum Gasteiger partial charge on any atom is -0.457 e. The van der Waals surface area contributed by atoms with Crippen molar-refractivity contribution in [3.8, 4) is 11.5 Å². The number of amides is 2. The number of rotatable bonds is 4. The van der Waals surface area contributed by atoms with Gasteiger partial charge in [-0.3, -0.25) is 9.59 Å². The van der Waals surface area contributed by atoms with E-state index >= 15 is 0 Å². The van der Waals surface area contributed by atoms with Crippen molar-refractivity contribution >= 4 is 29.1 Å². The van der Waals surface area contributed by atoms with E-state index in [1.165, 1.54) is 0 Å². The van der Waals surface area contributed by atoms with Crippen molar-refractivity contribution in [3.63, 3.8) is 0 Å². The van der Waals surface area contributed by atoms with Gasteiger partial charge in [0, 0.05) is 47.3 Å². The summed E-state index contributed by atoms with van der Waals surface area (Å²) in [5, 5.41) is 3.72. The average Bonchev–Trinajstić information content (AvgIpc) is 3.16. The molecule has 1 atom stereocenters. The van der Waals surface area contributed by atoms with Crippen LogP contribution in [0.5, 0.6) is 11.5 Å². The normalized spacial score (nSPS) is 17.6. The Morgan fingerprint density at radius 2 is 1.58 bits per heavy atom. The van der Waals surface area contributed by atoms with Crippen LogP contribution in [0.1, 0.15) is 23.5 Å². The van der Waals surface area contributed by atoms with E-state index in [1.54, 1.807) is 17.0 Å². The molecule has 0 aromatic heterocycles. The number of halogens is 1. The summed E-state index contributed by atoms with van der Waals surface area (Å²) in [5.41, 5.74) is 2.53. The fourth-order valence-corrected chi connectivity index (χ4v) is 4.45. The van der Waals surface area contributed by atoms with Gasteiger partial charge in [-0.15, -0.1) is 0 Å². The fourth-order valence-electron chi connectivity index (χ4n) is 4.33. The van der Waals surface area contributed by atoms with Gasteiger partial charge in [-0.05, 0) is 36.4 Å². The molecule has 156 valence electrons. The lowest BCUT2D eigenvalue weighted by Crippen LogP contribution is -2.35. The molecule has 0 aliphatic carbocycles. The zero-order valence-corrected chi connectivity index (χ0v) is 17.5. The summed E-state index contributed by atoms with van der Waals surface area (Å²) in [4.78, 5) is 27.5. The Kier molecular flexibility index (Phi) is 5.12. The summed E-state index contributed by atoms with van der Waals surface area (Å²) >= 11 is 5.95. The van der Waals surface area contributed by atoms with Crippen LogP contribution in [0.4, 0.5) is 5.69 Å². The van der Waals surface area contributed by atoms with Crippen LogP contribution >= 0.6 is 11.6 Å². The Labute approximate surface area is 185 Å². The van der Waals surface area contributed by atoms with E-state index in [-0.39, 0.29) is 17.7 Å². The van der Waals surface area contributed by atoms with E-state index in [2.05, 4.69) is 5.32 Å². The third-order valence-corrected chi connectivity index (χ3v) is 6.10. The van der Waals surface area contributed by atoms with Gasteiger partial charge in [0.2, 0.25) is 11.8 Å². The van der Waals surface area contributed by atoms with E-state index in [9.17, 15) is 9.59 Å². The van der Waals surface area contributed by atoms with Gasteiger partial charge >= 0.3 is 0 Å². The van der Waals surface area contributed by atoms with Gasteiger partial charge < -0.3 is 15.0 Å². The lowest BCUT2D eigenvalue weighted by Gasteiger charge is -2.27. The van der Waals surface area contributed by atoms with Crippen molar-refractivity contribution in [1.82, 2.24) is 5.32 Å². The topological polar surface area (TPSA) is 58.6 Å². The summed E-state index contributed by atoms with van der Waals surface area (Å²) in [6.45, 7) is 1.01. The number of anilines is 1. The molecule has 0 saturated carbocycles. The summed E-state index contributed by atoms with van der Waals surface area (Å²) in [6, 6.07) is 22.5. The smallest absolute Gasteiger partial charge is 0.232 e. The largest absolute Gasteiger partial charge is 0.457 e. The maximum absolute atomic E-state index is 13.3. The van der Waals surface area contributed by atoms with Crippen LogP contribution in [0, 0.1) is 5.92 Å². The number of nitrogens with one attached hydrogen (secondary N) is 1. The van der Waals surface area contributed by atoms with Crippen molar-refractivity contribution in [3.05, 3.63) is 88.9 Å². The molecule has 1 unspecified atom stereocenters. The molecule has 2 aliphatic rings. The molecular formula is C25H21ClN2O3. The molecule has 0 bridgehead atoms. The van der Waals surface area contributed by atoms with Gasteiger partial charge in [-0.25, -0.2) is 0 Å². The molecule has 3 aromatic rings. The Balaban J connectivity index is 1.30. The maximum atomic E-state index is 13.3. The Morgan fingerprint density at radius 1 is 0.968 bits per heavy atom. The molecule has 3 aromatic carbocycles. The molecule has 0 radical (unpaired) electrons. The van der Waals surface area contributed by atoms with Crippen LogP contribution in [-0.2, 0) is 9.59 Å². The monoisotopic (exact) mass is 432 g/mol. The molecule has 5 rings (SSSR count). The molecule has 31 heavy (non-hydrogen) atoms. The summed E-state index contributed by atoms with van der Waals surface area (Å²) in [7, 11) is 0. The second-order valence-electron chi connectivity index (χ2n) is 7.91. The third-order valence-electron chi connectivity index (χ3n) is 5.85. The predicted molar refractivity (Wildman–Crippen MR) is 120 cm³/mol. The molecule has 2 aliphatic heterocycles. The number of carbonyl (C=O) groups is 2. The van der Waals surface area contributed by atoms with Gasteiger partial charge in [0.25, 0.3) is 0 Å². The first-order chi connectivity index (χ1) is 15.1. The van der Waals surface area contributed by atoms with E-state index in [0.29, 0.717) is 36.0 Å². The molecule has 1 N–H and O–H groups in total. The highest BCUT2D eigenvalue weighted by Crippen LogP contribution is 2.43. The molecule has 2 amide bonds. The lowest BCUT2D eigenvalue weighted by molar-refractivity contribution is -0.122. The highest BCUT2D eigenvalue weighted by atomic mass is 35.5. The van der Waals surface area contributed by atoms with Gasteiger partial charge in [0.05, 0.1) is 5.92 Å². The standard InChI is InChI=1S/C25H21ClN2O3/c26-17-9-11-18(12-10-17)28-15-16(13-23(28)29)14-27-25(30)24-19-5-1-3-7-21(19)31-22-8-4-2-6-20(22)24/h1-12,16,24H,13-15H2,(H,27,30). The first-order valence-electron chi connectivity index (χ1n) is 10.3. The minimum atomic E-state index is -0.439. The number of ether oxygens (including phenoxy) is 1. The van der Waals surface area contributed by atoms with Crippen molar-refractivity contribution in [2.75, 3.05) is 18.0 Å². The molecule has 0 spiro atoms. The lowest BCUT2D eigenvalue weighted by atomic mass is 9.87. The first-order valence-corrected chi connectivity index (χ1v) is 10.7. The van der Waals surface area contributed by atoms with Gasteiger partial charge in [0.1, 0.15) is 11.5 Å². The second kappa shape index (κ2) is 8.08. The molecule has 5 nitrogen and oxygen atoms in total. The number of para-hydroxylation sites is 2. The Morgan fingerprint density at radius 3 is 2.23 bits per heavy atom. The van der Waals surface area contributed by atoms with Crippen LogP contribution in [-0.4, -0.2) is 24.9 Å². The number of fused-ring (bicyclic) bond motifs is 2. The first kappa shape index (κ1) is 19.6. The summed E-state index contributed by atoms with van der Waals surface area (Å²) in [5.74, 6) is 0.990. The molecule has 6 heteroatoms. The van der Waals surface area contributed by atoms with Crippen LogP contribution < -0.4 is 15.0 Å². The highest BCUT2D eigenvalue weighted by molar-refractivity contribution is 6.30. The molecular weight excluding hydrogens is 412 g/mol. The van der Waals surface area contributed by atoms with Gasteiger partial charge in [0.15, 0.2) is 0 Å². The van der Waals surface area contributed by atoms with Crippen LogP contribution in [0.2, 0.25) is 5.02 Å². The molecule has 1 saturated heterocycles. The van der Waals surface area contributed by atoms with Crippen LogP contribution in [0.15, 0.2) is 72.8 Å². The van der Waals surface area contributed by atoms with Crippen molar-refractivity contribution in [2.45, 2.75) is 12.3 Å². The van der Waals surface area contributed by atoms with Crippen molar-refractivity contribution in [2.24, 2.45) is 5.92 Å². The van der Waals surface area contributed by atoms with Crippen LogP contribution in [0.25, 0.3) is 0 Å². The highest BCUT2D eigenvalue weighted by Gasteiger charge is 2.34. The average molecular weight is 433 g/mol. The summed E-state index contributed by atoms with van der Waals surface area (Å²) < 4.78 is 5.98. The maximum Gasteiger partial charge on any atom is 0.232 e. The number of nitrogens with zero attached hydrogens (tertiary/aromatic N) is 1. The second-order valence-corrected chi connectivity index (χ2v) is 8.34. The molecule has 1 fully saturated rings. The van der Waals surface area contributed by atoms with Crippen LogP contribution in [0.3, 0.4) is 0 Å². The number of hydrogen-bond donors (Lipinski definition) is 1. The van der Waals surface area contributed by atoms with Gasteiger partial charge in [-0.2, -0.15) is 0 Å². The van der Waals surface area contributed by atoms with E-state index in [4.69, 9.17) is 16.3 Å². The minimum absolute atomic E-state index is 0.0532. The van der Waals surface area contributed by atoms with Gasteiger partial charge in [-0.1, -0.05) is 48.0 Å². The Bertz CT molecular complexity index is 1100. The number of carbonyl (C=O) groups excluding carboxylic acids is 2. The predicted octanol–water partition coefficient (Wildman–Crippen LogP) is 4.75. The zero-order chi connectivity index (χ0) is 21.4. The van der Waals surface area contributed by atoms with Crippen molar-refractivity contribution in [1.29, 1.82) is 0 Å². The zero-order valence-electron chi connectivity index (χ0n) is 16.8. The van der Waals surface area contributed by atoms with E-state index in [0.717, 1.165) is 16.8 Å². The van der Waals surface area contributed by atoms with E-state index in [1.807, 2.05) is 60.7 Å². The number of hydrogen-bond acceptors (Lipinski definition) is 3. The van der Waals surface area contributed by atoms with Crippen molar-refractivity contribution < 1.29 is 14.3 Å². The molecule has 2 heterocycles. The van der Waals surface area contributed by atoms with E-state index < -0.39 is 5.92 Å².